The smallest absolute Gasteiger partial charge is 0.356 e. The van der Waals surface area contributed by atoms with Gasteiger partial charge >= 0.3 is 5.97 Å². The molecule has 0 bridgehead atoms. The maximum absolute atomic E-state index is 11.3. The molecule has 5 nitrogen and oxygen atoms in total. The van der Waals surface area contributed by atoms with Crippen molar-refractivity contribution < 1.29 is 19.4 Å². The molecule has 0 aliphatic carbocycles. The van der Waals surface area contributed by atoms with Crippen LogP contribution in [0.25, 0.3) is 0 Å². The molecule has 1 aromatic heterocycles. The second-order valence-electron chi connectivity index (χ2n) is 4.00. The van der Waals surface area contributed by atoms with E-state index < -0.39 is 11.6 Å². The summed E-state index contributed by atoms with van der Waals surface area (Å²) >= 11 is 1.08. The number of hydrogen-bond acceptors (Lipinski definition) is 5. The van der Waals surface area contributed by atoms with Gasteiger partial charge in [0, 0.05) is 13.5 Å². The van der Waals surface area contributed by atoms with Gasteiger partial charge in [0.05, 0.1) is 0 Å². The topological polar surface area (TPSA) is 76.5 Å². The molecule has 0 saturated heterocycles. The number of hydrogen-bond donors (Lipinski definition) is 1. The van der Waals surface area contributed by atoms with Crippen LogP contribution in [-0.2, 0) is 10.3 Å². The third-order valence-corrected chi connectivity index (χ3v) is 3.63. The fourth-order valence-electron chi connectivity index (χ4n) is 1.38. The van der Waals surface area contributed by atoms with Crippen molar-refractivity contribution in [1.29, 1.82) is 0 Å². The van der Waals surface area contributed by atoms with E-state index in [0.29, 0.717) is 11.6 Å². The normalized spacial score (nSPS) is 11.5. The number of aromatic nitrogens is 1. The number of carboxylic acid groups (broad SMARTS) is 1. The van der Waals surface area contributed by atoms with Gasteiger partial charge in [-0.05, 0) is 20.8 Å². The maximum Gasteiger partial charge on any atom is 0.356 e. The Bertz CT molecular complexity index is 419. The van der Waals surface area contributed by atoms with Gasteiger partial charge < -0.3 is 9.84 Å². The van der Waals surface area contributed by atoms with Gasteiger partial charge in [-0.1, -0.05) is 0 Å². The molecule has 0 aliphatic rings. The Morgan fingerprint density at radius 1 is 1.47 bits per heavy atom. The van der Waals surface area contributed by atoms with Crippen LogP contribution < -0.4 is 0 Å². The first-order valence-corrected chi connectivity index (χ1v) is 6.00. The van der Waals surface area contributed by atoms with Gasteiger partial charge in [0.1, 0.15) is 15.5 Å². The van der Waals surface area contributed by atoms with Crippen LogP contribution in [0.15, 0.2) is 0 Å². The minimum absolute atomic E-state index is 0.167. The summed E-state index contributed by atoms with van der Waals surface area (Å²) in [4.78, 5) is 26.5. The number of carbonyl (C=O) groups excluding carboxylic acids is 1. The molecule has 0 unspecified atom stereocenters. The molecule has 1 rings (SSSR count). The molecule has 17 heavy (non-hydrogen) atoms. The summed E-state index contributed by atoms with van der Waals surface area (Å²) in [7, 11) is 0. The summed E-state index contributed by atoms with van der Waals surface area (Å²) in [6.07, 6.45) is 0. The second kappa shape index (κ2) is 4.93. The largest absolute Gasteiger partial charge is 0.476 e. The van der Waals surface area contributed by atoms with Crippen molar-refractivity contribution >= 4 is 23.1 Å². The third-order valence-electron chi connectivity index (χ3n) is 2.17. The first-order chi connectivity index (χ1) is 7.79. The molecule has 0 spiro atoms. The Labute approximate surface area is 103 Å². The molecule has 0 aliphatic heterocycles. The monoisotopic (exact) mass is 257 g/mol. The third kappa shape index (κ3) is 2.89. The number of carbonyl (C=O) groups is 2. The van der Waals surface area contributed by atoms with Crippen molar-refractivity contribution in [2.24, 2.45) is 0 Å². The van der Waals surface area contributed by atoms with Gasteiger partial charge in [-0.3, -0.25) is 4.79 Å². The molecular formula is C11H15NO4S. The Kier molecular flexibility index (Phi) is 4.00. The van der Waals surface area contributed by atoms with Crippen molar-refractivity contribution in [1.82, 2.24) is 4.98 Å². The van der Waals surface area contributed by atoms with Gasteiger partial charge in [0.15, 0.2) is 11.5 Å². The Morgan fingerprint density at radius 2 is 2.06 bits per heavy atom. The molecule has 0 fully saturated rings. The zero-order valence-corrected chi connectivity index (χ0v) is 11.1. The highest BCUT2D eigenvalue weighted by molar-refractivity contribution is 7.14. The van der Waals surface area contributed by atoms with Gasteiger partial charge in [0.25, 0.3) is 0 Å². The summed E-state index contributed by atoms with van der Waals surface area (Å²) in [5, 5.41) is 9.48. The van der Waals surface area contributed by atoms with Crippen LogP contribution >= 0.6 is 11.3 Å². The van der Waals surface area contributed by atoms with Gasteiger partial charge in [-0.25, -0.2) is 9.78 Å². The molecule has 0 atom stereocenters. The SMILES string of the molecule is CCOC(C)(C)c1nc(C(=O)O)c(C(C)=O)s1. The van der Waals surface area contributed by atoms with E-state index in [0.717, 1.165) is 11.3 Å². The highest BCUT2D eigenvalue weighted by Crippen LogP contribution is 2.31. The van der Waals surface area contributed by atoms with Gasteiger partial charge in [-0.2, -0.15) is 0 Å². The minimum atomic E-state index is -1.19. The number of nitrogens with zero attached hydrogens (tertiary/aromatic N) is 1. The highest BCUT2D eigenvalue weighted by Gasteiger charge is 2.29. The summed E-state index contributed by atoms with van der Waals surface area (Å²) < 4.78 is 5.49. The first-order valence-electron chi connectivity index (χ1n) is 5.19. The predicted octanol–water partition coefficient (Wildman–Crippen LogP) is 2.32. The molecule has 0 radical (unpaired) electrons. The summed E-state index contributed by atoms with van der Waals surface area (Å²) in [5.74, 6) is -1.48. The van der Waals surface area contributed by atoms with E-state index in [1.807, 2.05) is 6.92 Å². The molecule has 0 aromatic carbocycles. The molecular weight excluding hydrogens is 242 g/mol. The lowest BCUT2D eigenvalue weighted by Gasteiger charge is -2.21. The highest BCUT2D eigenvalue weighted by atomic mass is 32.1. The second-order valence-corrected chi connectivity index (χ2v) is 5.00. The van der Waals surface area contributed by atoms with E-state index in [4.69, 9.17) is 9.84 Å². The van der Waals surface area contributed by atoms with E-state index in [1.54, 1.807) is 13.8 Å². The van der Waals surface area contributed by atoms with E-state index in [2.05, 4.69) is 4.98 Å². The predicted molar refractivity (Wildman–Crippen MR) is 63.7 cm³/mol. The summed E-state index contributed by atoms with van der Waals surface area (Å²) in [6.45, 7) is 7.26. The van der Waals surface area contributed by atoms with Crippen LogP contribution in [-0.4, -0.2) is 28.4 Å². The Balaban J connectivity index is 3.25. The first kappa shape index (κ1) is 13.8. The lowest BCUT2D eigenvalue weighted by atomic mass is 10.1. The fourth-order valence-corrected chi connectivity index (χ4v) is 2.39. The number of ketones is 1. The van der Waals surface area contributed by atoms with Crippen LogP contribution in [0.3, 0.4) is 0 Å². The molecule has 0 amide bonds. The minimum Gasteiger partial charge on any atom is -0.476 e. The lowest BCUT2D eigenvalue weighted by molar-refractivity contribution is -0.0142. The number of ether oxygens (including phenoxy) is 1. The van der Waals surface area contributed by atoms with E-state index in [1.165, 1.54) is 6.92 Å². The number of rotatable bonds is 5. The molecule has 6 heteroatoms. The van der Waals surface area contributed by atoms with Crippen LogP contribution in [0.4, 0.5) is 0 Å². The Morgan fingerprint density at radius 3 is 2.41 bits per heavy atom. The van der Waals surface area contributed by atoms with Crippen molar-refractivity contribution in [3.8, 4) is 0 Å². The number of Topliss-reactive ketones (excluding diaryl/α,β-unsaturated/α-hetero) is 1. The molecule has 1 aromatic rings. The van der Waals surface area contributed by atoms with Crippen molar-refractivity contribution in [2.45, 2.75) is 33.3 Å². The number of thiazole rings is 1. The van der Waals surface area contributed by atoms with E-state index in [9.17, 15) is 9.59 Å². The lowest BCUT2D eigenvalue weighted by Crippen LogP contribution is -2.21. The van der Waals surface area contributed by atoms with E-state index in [-0.39, 0.29) is 16.4 Å². The van der Waals surface area contributed by atoms with Crippen molar-refractivity contribution in [3.05, 3.63) is 15.6 Å². The summed E-state index contributed by atoms with van der Waals surface area (Å²) in [5.41, 5.74) is -0.873. The van der Waals surface area contributed by atoms with Gasteiger partial charge in [0.2, 0.25) is 0 Å². The molecule has 0 saturated carbocycles. The standard InChI is InChI=1S/C11H15NO4S/c1-5-16-11(3,4)10-12-7(9(14)15)8(17-10)6(2)13/h5H2,1-4H3,(H,14,15). The van der Waals surface area contributed by atoms with Crippen LogP contribution in [0.2, 0.25) is 0 Å². The Hall–Kier alpha value is -1.27. The zero-order valence-electron chi connectivity index (χ0n) is 10.2. The van der Waals surface area contributed by atoms with E-state index >= 15 is 0 Å². The van der Waals surface area contributed by atoms with Crippen LogP contribution in [0, 0.1) is 0 Å². The molecule has 94 valence electrons. The molecule has 1 N–H and O–H groups in total. The van der Waals surface area contributed by atoms with Crippen LogP contribution in [0.5, 0.6) is 0 Å². The number of carboxylic acids is 1. The van der Waals surface area contributed by atoms with Crippen molar-refractivity contribution in [2.75, 3.05) is 6.61 Å². The maximum atomic E-state index is 11.3. The number of aromatic carboxylic acids is 1. The van der Waals surface area contributed by atoms with Crippen molar-refractivity contribution in [3.63, 3.8) is 0 Å². The quantitative estimate of drug-likeness (QED) is 0.819. The summed E-state index contributed by atoms with van der Waals surface area (Å²) in [6, 6.07) is 0. The average Bonchev–Trinajstić information content (AvgIpc) is 2.62. The van der Waals surface area contributed by atoms with Crippen LogP contribution in [0.1, 0.15) is 52.9 Å². The zero-order chi connectivity index (χ0) is 13.2. The fraction of sp³-hybridized carbons (Fsp3) is 0.545. The average molecular weight is 257 g/mol. The molecule has 1 heterocycles. The van der Waals surface area contributed by atoms with Gasteiger partial charge in [-0.15, -0.1) is 11.3 Å².